The minimum Gasteiger partial charge on any atom is -0.497 e. The number of ether oxygens (including phenoxy) is 1. The first-order chi connectivity index (χ1) is 12.0. The molecule has 0 saturated heterocycles. The van der Waals surface area contributed by atoms with Crippen LogP contribution in [0.4, 0.5) is 11.4 Å². The molecule has 1 unspecified atom stereocenters. The van der Waals surface area contributed by atoms with E-state index in [-0.39, 0.29) is 17.7 Å². The normalized spacial score (nSPS) is 11.5. The predicted molar refractivity (Wildman–Crippen MR) is 100 cm³/mol. The number of rotatable bonds is 7. The second kappa shape index (κ2) is 8.87. The van der Waals surface area contributed by atoms with Crippen molar-refractivity contribution in [1.29, 1.82) is 0 Å². The van der Waals surface area contributed by atoms with Gasteiger partial charge in [-0.05, 0) is 30.7 Å². The molecule has 2 N–H and O–H groups in total. The molecule has 2 aromatic carbocycles. The van der Waals surface area contributed by atoms with Crippen molar-refractivity contribution in [1.82, 2.24) is 0 Å². The van der Waals surface area contributed by atoms with Crippen LogP contribution in [0.25, 0.3) is 0 Å². The van der Waals surface area contributed by atoms with E-state index in [1.54, 1.807) is 55.6 Å². The lowest BCUT2D eigenvalue weighted by molar-refractivity contribution is -0.119. The van der Waals surface area contributed by atoms with E-state index in [4.69, 9.17) is 4.74 Å². The lowest BCUT2D eigenvalue weighted by atomic mass is 10.0. The van der Waals surface area contributed by atoms with Gasteiger partial charge in [-0.2, -0.15) is 0 Å². The third-order valence-corrected chi connectivity index (χ3v) is 3.93. The number of methoxy groups -OCH3 is 1. The number of hydrogen-bond acceptors (Lipinski definition) is 3. The molecule has 0 aliphatic carbocycles. The van der Waals surface area contributed by atoms with Crippen LogP contribution < -0.4 is 15.4 Å². The van der Waals surface area contributed by atoms with E-state index in [0.717, 1.165) is 12.8 Å². The molecule has 2 rings (SSSR count). The van der Waals surface area contributed by atoms with Crippen molar-refractivity contribution in [2.75, 3.05) is 17.7 Å². The van der Waals surface area contributed by atoms with E-state index in [9.17, 15) is 9.59 Å². The fourth-order valence-electron chi connectivity index (χ4n) is 2.51. The standard InChI is InChI=1S/C20H24N2O3/c1-4-8-14(2)19(23)22-18-12-6-5-11-17(18)20(24)21-15-9-7-10-16(13-15)25-3/h5-7,9-14H,4,8H2,1-3H3,(H,21,24)(H,22,23). The van der Waals surface area contributed by atoms with Gasteiger partial charge in [0.25, 0.3) is 5.91 Å². The van der Waals surface area contributed by atoms with Crippen LogP contribution in [-0.4, -0.2) is 18.9 Å². The minimum atomic E-state index is -0.285. The summed E-state index contributed by atoms with van der Waals surface area (Å²) >= 11 is 0. The van der Waals surface area contributed by atoms with Gasteiger partial charge in [-0.15, -0.1) is 0 Å². The maximum Gasteiger partial charge on any atom is 0.257 e. The monoisotopic (exact) mass is 340 g/mol. The molecule has 0 radical (unpaired) electrons. The van der Waals surface area contributed by atoms with E-state index in [1.807, 2.05) is 13.8 Å². The topological polar surface area (TPSA) is 67.4 Å². The molecule has 25 heavy (non-hydrogen) atoms. The molecule has 2 aromatic rings. The van der Waals surface area contributed by atoms with Crippen molar-refractivity contribution in [3.63, 3.8) is 0 Å². The van der Waals surface area contributed by atoms with Crippen LogP contribution in [0.3, 0.4) is 0 Å². The van der Waals surface area contributed by atoms with Crippen LogP contribution in [0.1, 0.15) is 37.0 Å². The number of carbonyl (C=O) groups is 2. The van der Waals surface area contributed by atoms with Crippen LogP contribution in [0.2, 0.25) is 0 Å². The third-order valence-electron chi connectivity index (χ3n) is 3.93. The smallest absolute Gasteiger partial charge is 0.257 e. The number of nitrogens with one attached hydrogen (secondary N) is 2. The molecule has 5 heteroatoms. The van der Waals surface area contributed by atoms with Gasteiger partial charge in [-0.3, -0.25) is 9.59 Å². The van der Waals surface area contributed by atoms with E-state index in [1.165, 1.54) is 0 Å². The van der Waals surface area contributed by atoms with E-state index >= 15 is 0 Å². The predicted octanol–water partition coefficient (Wildman–Crippen LogP) is 4.32. The minimum absolute atomic E-state index is 0.0801. The Kier molecular flexibility index (Phi) is 6.57. The van der Waals surface area contributed by atoms with Crippen molar-refractivity contribution in [2.24, 2.45) is 5.92 Å². The van der Waals surface area contributed by atoms with Gasteiger partial charge in [0.05, 0.1) is 18.4 Å². The summed E-state index contributed by atoms with van der Waals surface area (Å²) in [7, 11) is 1.57. The Morgan fingerprint density at radius 1 is 1.08 bits per heavy atom. The highest BCUT2D eigenvalue weighted by Gasteiger charge is 2.16. The molecule has 5 nitrogen and oxygen atoms in total. The van der Waals surface area contributed by atoms with Gasteiger partial charge in [-0.25, -0.2) is 0 Å². The molecular weight excluding hydrogens is 316 g/mol. The van der Waals surface area contributed by atoms with Crippen molar-refractivity contribution in [3.05, 3.63) is 54.1 Å². The van der Waals surface area contributed by atoms with Crippen molar-refractivity contribution in [2.45, 2.75) is 26.7 Å². The van der Waals surface area contributed by atoms with Crippen molar-refractivity contribution >= 4 is 23.2 Å². The summed E-state index contributed by atoms with van der Waals surface area (Å²) in [6, 6.07) is 14.1. The van der Waals surface area contributed by atoms with Crippen LogP contribution >= 0.6 is 0 Å². The second-order valence-electron chi connectivity index (χ2n) is 5.91. The highest BCUT2D eigenvalue weighted by atomic mass is 16.5. The van der Waals surface area contributed by atoms with Gasteiger partial charge in [0.15, 0.2) is 0 Å². The van der Waals surface area contributed by atoms with Gasteiger partial charge in [0.1, 0.15) is 5.75 Å². The average Bonchev–Trinajstić information content (AvgIpc) is 2.62. The van der Waals surface area contributed by atoms with Crippen LogP contribution in [-0.2, 0) is 4.79 Å². The Morgan fingerprint density at radius 3 is 2.56 bits per heavy atom. The Hall–Kier alpha value is -2.82. The molecule has 0 spiro atoms. The van der Waals surface area contributed by atoms with Gasteiger partial charge in [0.2, 0.25) is 5.91 Å². The molecule has 0 aromatic heterocycles. The number of anilines is 2. The number of para-hydroxylation sites is 1. The van der Waals surface area contributed by atoms with Crippen LogP contribution in [0.5, 0.6) is 5.75 Å². The molecule has 132 valence electrons. The summed E-state index contributed by atoms with van der Waals surface area (Å²) in [5.74, 6) is 0.197. The van der Waals surface area contributed by atoms with Crippen molar-refractivity contribution in [3.8, 4) is 5.75 Å². The van der Waals surface area contributed by atoms with Gasteiger partial charge < -0.3 is 15.4 Å². The third kappa shape index (κ3) is 5.08. The Labute approximate surface area is 148 Å². The second-order valence-corrected chi connectivity index (χ2v) is 5.91. The molecule has 0 heterocycles. The first-order valence-corrected chi connectivity index (χ1v) is 8.40. The average molecular weight is 340 g/mol. The van der Waals surface area contributed by atoms with E-state index in [2.05, 4.69) is 10.6 Å². The zero-order valence-corrected chi connectivity index (χ0v) is 14.8. The number of amides is 2. The SMILES string of the molecule is CCCC(C)C(=O)Nc1ccccc1C(=O)Nc1cccc(OC)c1. The lowest BCUT2D eigenvalue weighted by Gasteiger charge is -2.14. The summed E-state index contributed by atoms with van der Waals surface area (Å²) in [5.41, 5.74) is 1.56. The number of carbonyl (C=O) groups excluding carboxylic acids is 2. The Balaban J connectivity index is 2.15. The molecule has 0 aliphatic rings. The van der Waals surface area contributed by atoms with Crippen LogP contribution in [0, 0.1) is 5.92 Å². The number of hydrogen-bond donors (Lipinski definition) is 2. The number of benzene rings is 2. The molecule has 2 amide bonds. The summed E-state index contributed by atoms with van der Waals surface area (Å²) in [5, 5.41) is 5.69. The van der Waals surface area contributed by atoms with Crippen molar-refractivity contribution < 1.29 is 14.3 Å². The fourth-order valence-corrected chi connectivity index (χ4v) is 2.51. The summed E-state index contributed by atoms with van der Waals surface area (Å²) in [4.78, 5) is 24.9. The van der Waals surface area contributed by atoms with Gasteiger partial charge >= 0.3 is 0 Å². The summed E-state index contributed by atoms with van der Waals surface area (Å²) in [6.45, 7) is 3.93. The molecule has 0 fully saturated rings. The zero-order valence-electron chi connectivity index (χ0n) is 14.8. The molecular formula is C20H24N2O3. The molecule has 0 bridgehead atoms. The maximum atomic E-state index is 12.6. The quantitative estimate of drug-likeness (QED) is 0.788. The van der Waals surface area contributed by atoms with Gasteiger partial charge in [-0.1, -0.05) is 38.5 Å². The largest absolute Gasteiger partial charge is 0.497 e. The van der Waals surface area contributed by atoms with E-state index < -0.39 is 0 Å². The van der Waals surface area contributed by atoms with E-state index in [0.29, 0.717) is 22.7 Å². The summed E-state index contributed by atoms with van der Waals surface area (Å²) < 4.78 is 5.16. The molecule has 0 saturated carbocycles. The molecule has 1 atom stereocenters. The van der Waals surface area contributed by atoms with Crippen LogP contribution in [0.15, 0.2) is 48.5 Å². The first kappa shape index (κ1) is 18.5. The highest BCUT2D eigenvalue weighted by molar-refractivity contribution is 6.10. The highest BCUT2D eigenvalue weighted by Crippen LogP contribution is 2.21. The molecule has 0 aliphatic heterocycles. The summed E-state index contributed by atoms with van der Waals surface area (Å²) in [6.07, 6.45) is 1.75. The lowest BCUT2D eigenvalue weighted by Crippen LogP contribution is -2.22. The first-order valence-electron chi connectivity index (χ1n) is 8.40. The maximum absolute atomic E-state index is 12.6. The Bertz CT molecular complexity index is 743. The Morgan fingerprint density at radius 2 is 1.84 bits per heavy atom. The zero-order chi connectivity index (χ0) is 18.2. The van der Waals surface area contributed by atoms with Gasteiger partial charge in [0, 0.05) is 17.7 Å². The fraction of sp³-hybridized carbons (Fsp3) is 0.300.